The number of nitrogens with one attached hydrogen (secondary N) is 2. The number of hydrogen-bond acceptors (Lipinski definition) is 6. The predicted molar refractivity (Wildman–Crippen MR) is 159 cm³/mol. The number of unbranched alkanes of at least 4 members (excludes halogenated alkanes) is 8. The Bertz CT molecular complexity index is 1080. The first-order chi connectivity index (χ1) is 20.0. The minimum Gasteiger partial charge on any atom is -0.872 e. The SMILES string of the molecule is O=C(O)CCCCCCCNC(=O)c1cc(Cl)ccc1O.O=C(O)CCCCCCCNC(=O)c1cc(Cl)ccc1[O-].[Na+]. The maximum Gasteiger partial charge on any atom is 1.00 e. The summed E-state index contributed by atoms with van der Waals surface area (Å²) in [6.07, 6.45) is 8.91. The fourth-order valence-corrected chi connectivity index (χ4v) is 4.17. The number of halogens is 2. The van der Waals surface area contributed by atoms with E-state index in [1.165, 1.54) is 36.4 Å². The van der Waals surface area contributed by atoms with Gasteiger partial charge >= 0.3 is 41.5 Å². The van der Waals surface area contributed by atoms with Crippen molar-refractivity contribution in [1.29, 1.82) is 0 Å². The molecular weight excluding hydrogens is 610 g/mol. The van der Waals surface area contributed by atoms with Crippen LogP contribution in [0.2, 0.25) is 10.0 Å². The van der Waals surface area contributed by atoms with Gasteiger partial charge < -0.3 is 31.1 Å². The summed E-state index contributed by atoms with van der Waals surface area (Å²) < 4.78 is 0. The van der Waals surface area contributed by atoms with Gasteiger partial charge in [-0.1, -0.05) is 73.5 Å². The van der Waals surface area contributed by atoms with Gasteiger partial charge in [-0.25, -0.2) is 0 Å². The Morgan fingerprint density at radius 2 is 1.02 bits per heavy atom. The van der Waals surface area contributed by atoms with Gasteiger partial charge in [-0.2, -0.15) is 0 Å². The van der Waals surface area contributed by atoms with Gasteiger partial charge in [0.1, 0.15) is 5.75 Å². The molecule has 0 aromatic heterocycles. The molecule has 13 heteroatoms. The van der Waals surface area contributed by atoms with Crippen LogP contribution >= 0.6 is 23.2 Å². The first kappa shape index (κ1) is 40.5. The van der Waals surface area contributed by atoms with Crippen LogP contribution in [0, 0.1) is 0 Å². The van der Waals surface area contributed by atoms with Crippen LogP contribution in [0.3, 0.4) is 0 Å². The van der Waals surface area contributed by atoms with Crippen molar-refractivity contribution in [3.8, 4) is 11.5 Å². The number of rotatable bonds is 18. The molecule has 0 saturated carbocycles. The van der Waals surface area contributed by atoms with Crippen LogP contribution in [0.15, 0.2) is 36.4 Å². The summed E-state index contributed by atoms with van der Waals surface area (Å²) in [5, 5.41) is 44.2. The molecule has 5 N–H and O–H groups in total. The molecule has 2 aromatic rings. The minimum absolute atomic E-state index is 0. The monoisotopic (exact) mass is 648 g/mol. The molecule has 43 heavy (non-hydrogen) atoms. The number of benzene rings is 2. The van der Waals surface area contributed by atoms with Crippen LogP contribution in [-0.2, 0) is 9.59 Å². The van der Waals surface area contributed by atoms with Crippen molar-refractivity contribution in [1.82, 2.24) is 10.6 Å². The number of carbonyl (C=O) groups excluding carboxylic acids is 2. The number of carbonyl (C=O) groups is 4. The number of aliphatic carboxylic acids is 2. The van der Waals surface area contributed by atoms with Crippen LogP contribution in [0.25, 0.3) is 0 Å². The molecule has 0 aliphatic heterocycles. The molecule has 0 heterocycles. The predicted octanol–water partition coefficient (Wildman–Crippen LogP) is 2.77. The van der Waals surface area contributed by atoms with Gasteiger partial charge in [0.05, 0.1) is 5.56 Å². The summed E-state index contributed by atoms with van der Waals surface area (Å²) in [5.41, 5.74) is 0.230. The van der Waals surface area contributed by atoms with Crippen molar-refractivity contribution in [2.45, 2.75) is 77.0 Å². The molecule has 0 bridgehead atoms. The fourth-order valence-electron chi connectivity index (χ4n) is 3.83. The molecular formula is C30H39Cl2N2NaO8. The van der Waals surface area contributed by atoms with E-state index in [0.29, 0.717) is 36.0 Å². The molecule has 0 spiro atoms. The van der Waals surface area contributed by atoms with Crippen molar-refractivity contribution >= 4 is 47.0 Å². The van der Waals surface area contributed by atoms with Crippen molar-refractivity contribution < 1.29 is 69.2 Å². The molecule has 0 fully saturated rings. The molecule has 2 amide bonds. The second-order valence-electron chi connectivity index (χ2n) is 9.64. The van der Waals surface area contributed by atoms with E-state index < -0.39 is 17.8 Å². The third-order valence-electron chi connectivity index (χ3n) is 6.10. The Hall–Kier alpha value is -2.50. The van der Waals surface area contributed by atoms with Gasteiger partial charge in [-0.05, 0) is 56.0 Å². The van der Waals surface area contributed by atoms with Crippen LogP contribution in [0.4, 0.5) is 0 Å². The summed E-state index contributed by atoms with van der Waals surface area (Å²) in [4.78, 5) is 44.3. The van der Waals surface area contributed by atoms with Gasteiger partial charge in [0.25, 0.3) is 11.8 Å². The molecule has 2 aromatic carbocycles. The Morgan fingerprint density at radius 1 is 0.628 bits per heavy atom. The largest absolute Gasteiger partial charge is 1.00 e. The third-order valence-corrected chi connectivity index (χ3v) is 6.57. The summed E-state index contributed by atoms with van der Waals surface area (Å²) in [5.74, 6) is -2.72. The van der Waals surface area contributed by atoms with Gasteiger partial charge in [0, 0.05) is 41.5 Å². The standard InChI is InChI=1S/2C15H20ClNO4.Na/c2*16-11-7-8-13(18)12(10-11)15(21)17-9-5-3-1-2-4-6-14(19)20;/h2*7-8,10,18H,1-6,9H2,(H,17,21)(H,19,20);/q;;+1/p-1. The van der Waals surface area contributed by atoms with Crippen LogP contribution in [0.5, 0.6) is 11.5 Å². The van der Waals surface area contributed by atoms with Crippen molar-refractivity contribution in [2.75, 3.05) is 13.1 Å². The second-order valence-corrected chi connectivity index (χ2v) is 10.5. The van der Waals surface area contributed by atoms with E-state index in [4.69, 9.17) is 33.4 Å². The number of hydrogen-bond donors (Lipinski definition) is 5. The Labute approximate surface area is 284 Å². The van der Waals surface area contributed by atoms with Crippen molar-refractivity contribution in [3.05, 3.63) is 57.6 Å². The summed E-state index contributed by atoms with van der Waals surface area (Å²) in [6, 6.07) is 8.44. The van der Waals surface area contributed by atoms with Gasteiger partial charge in [-0.3, -0.25) is 19.2 Å². The Morgan fingerprint density at radius 3 is 1.51 bits per heavy atom. The zero-order valence-electron chi connectivity index (χ0n) is 24.5. The van der Waals surface area contributed by atoms with Gasteiger partial charge in [0.15, 0.2) is 0 Å². The molecule has 2 rings (SSSR count). The van der Waals surface area contributed by atoms with E-state index in [1.807, 2.05) is 0 Å². The van der Waals surface area contributed by atoms with E-state index in [9.17, 15) is 29.4 Å². The fraction of sp³-hybridized carbons (Fsp3) is 0.467. The van der Waals surface area contributed by atoms with Crippen molar-refractivity contribution in [2.24, 2.45) is 0 Å². The first-order valence-electron chi connectivity index (χ1n) is 14.0. The van der Waals surface area contributed by atoms with E-state index in [0.717, 1.165) is 51.4 Å². The zero-order valence-corrected chi connectivity index (χ0v) is 28.0. The summed E-state index contributed by atoms with van der Waals surface area (Å²) >= 11 is 11.5. The van der Waals surface area contributed by atoms with E-state index in [-0.39, 0.29) is 70.9 Å². The molecule has 232 valence electrons. The van der Waals surface area contributed by atoms with Crippen LogP contribution in [0.1, 0.15) is 97.8 Å². The normalized spacial score (nSPS) is 10.1. The average molecular weight is 650 g/mol. The molecule has 0 unspecified atom stereocenters. The second kappa shape index (κ2) is 23.9. The molecule has 0 saturated heterocycles. The number of phenolic OH excluding ortho intramolecular Hbond substituents is 1. The Kier molecular flexibility index (Phi) is 22.5. The quantitative estimate of drug-likeness (QED) is 0.121. The molecule has 10 nitrogen and oxygen atoms in total. The van der Waals surface area contributed by atoms with Gasteiger partial charge in [-0.15, -0.1) is 0 Å². The maximum absolute atomic E-state index is 11.8. The molecule has 0 aliphatic carbocycles. The topological polar surface area (TPSA) is 176 Å². The molecule has 0 aliphatic rings. The maximum atomic E-state index is 11.8. The zero-order chi connectivity index (χ0) is 31.3. The van der Waals surface area contributed by atoms with E-state index in [2.05, 4.69) is 10.6 Å². The average Bonchev–Trinajstić information content (AvgIpc) is 2.94. The Balaban J connectivity index is 0.000000802. The van der Waals surface area contributed by atoms with Gasteiger partial charge in [0.2, 0.25) is 0 Å². The van der Waals surface area contributed by atoms with Crippen molar-refractivity contribution in [3.63, 3.8) is 0 Å². The first-order valence-corrected chi connectivity index (χ1v) is 14.7. The number of carboxylic acids is 2. The number of carboxylic acid groups (broad SMARTS) is 2. The number of phenols is 1. The van der Waals surface area contributed by atoms with E-state index >= 15 is 0 Å². The third kappa shape index (κ3) is 19.4. The van der Waals surface area contributed by atoms with Crippen LogP contribution < -0.4 is 45.3 Å². The molecule has 0 radical (unpaired) electrons. The summed E-state index contributed by atoms with van der Waals surface area (Å²) in [6.45, 7) is 1.01. The molecule has 0 atom stereocenters. The smallest absolute Gasteiger partial charge is 0.872 e. The minimum atomic E-state index is -0.766. The summed E-state index contributed by atoms with van der Waals surface area (Å²) in [7, 11) is 0. The van der Waals surface area contributed by atoms with E-state index in [1.54, 1.807) is 0 Å². The van der Waals surface area contributed by atoms with Crippen LogP contribution in [-0.4, -0.2) is 52.2 Å². The number of amides is 2. The number of aromatic hydroxyl groups is 1.